The van der Waals surface area contributed by atoms with Gasteiger partial charge in [-0.3, -0.25) is 0 Å². The largest absolute Gasteiger partial charge is 0.329 e. The summed E-state index contributed by atoms with van der Waals surface area (Å²) in [4.78, 5) is 0. The molecule has 1 atom stereocenters. The molecular weight excluding hydrogens is 320 g/mol. The predicted molar refractivity (Wildman–Crippen MR) is 118 cm³/mol. The Morgan fingerprint density at radius 2 is 1.08 bits per heavy atom. The van der Waals surface area contributed by atoms with E-state index in [0.717, 1.165) is 19.6 Å². The van der Waals surface area contributed by atoms with Gasteiger partial charge in [0.2, 0.25) is 0 Å². The molecular formula is C22H50N4. The van der Waals surface area contributed by atoms with Crippen molar-refractivity contribution in [3.05, 3.63) is 0 Å². The van der Waals surface area contributed by atoms with Crippen LogP contribution in [0.3, 0.4) is 0 Å². The fourth-order valence-electron chi connectivity index (χ4n) is 3.53. The zero-order chi connectivity index (χ0) is 19.1. The van der Waals surface area contributed by atoms with Gasteiger partial charge in [0, 0.05) is 38.8 Å². The highest BCUT2D eigenvalue weighted by molar-refractivity contribution is 4.70. The molecule has 0 aromatic heterocycles. The third-order valence-corrected chi connectivity index (χ3v) is 5.20. The molecule has 0 bridgehead atoms. The van der Waals surface area contributed by atoms with E-state index in [1.807, 2.05) is 0 Å². The molecule has 0 aliphatic carbocycles. The van der Waals surface area contributed by atoms with Gasteiger partial charge in [-0.2, -0.15) is 0 Å². The quantitative estimate of drug-likeness (QED) is 0.214. The van der Waals surface area contributed by atoms with Crippen molar-refractivity contribution < 1.29 is 0 Å². The monoisotopic (exact) mass is 370 g/mol. The Balaban J connectivity index is 3.33. The number of hydrogen-bond acceptors (Lipinski definition) is 4. The van der Waals surface area contributed by atoms with Crippen molar-refractivity contribution in [2.24, 2.45) is 11.5 Å². The zero-order valence-electron chi connectivity index (χ0n) is 17.9. The van der Waals surface area contributed by atoms with Crippen LogP contribution in [-0.4, -0.2) is 38.8 Å². The number of nitrogens with one attached hydrogen (secondary N) is 2. The normalized spacial score (nSPS) is 12.6. The third kappa shape index (κ3) is 20.2. The lowest BCUT2D eigenvalue weighted by molar-refractivity contribution is 0.433. The van der Waals surface area contributed by atoms with Gasteiger partial charge in [0.25, 0.3) is 0 Å². The highest BCUT2D eigenvalue weighted by Crippen LogP contribution is 2.13. The SMILES string of the molecule is CCCCCCCCCCCCCCCCC(CNCCN)NCCN. The zero-order valence-corrected chi connectivity index (χ0v) is 17.9. The molecule has 0 saturated carbocycles. The first-order valence-electron chi connectivity index (χ1n) is 11.7. The van der Waals surface area contributed by atoms with Crippen LogP contribution >= 0.6 is 0 Å². The molecule has 0 spiro atoms. The number of rotatable bonds is 22. The van der Waals surface area contributed by atoms with Gasteiger partial charge in [0.1, 0.15) is 0 Å². The number of unbranched alkanes of at least 4 members (excludes halogenated alkanes) is 13. The van der Waals surface area contributed by atoms with Crippen molar-refractivity contribution in [1.82, 2.24) is 10.6 Å². The fraction of sp³-hybridized carbons (Fsp3) is 1.00. The Morgan fingerprint density at radius 3 is 1.54 bits per heavy atom. The molecule has 0 aliphatic heterocycles. The summed E-state index contributed by atoms with van der Waals surface area (Å²) in [6.07, 6.45) is 21.1. The summed E-state index contributed by atoms with van der Waals surface area (Å²) >= 11 is 0. The average molecular weight is 371 g/mol. The third-order valence-electron chi connectivity index (χ3n) is 5.20. The Morgan fingerprint density at radius 1 is 0.615 bits per heavy atom. The number of hydrogen-bond donors (Lipinski definition) is 4. The van der Waals surface area contributed by atoms with Crippen molar-refractivity contribution in [3.63, 3.8) is 0 Å². The first-order chi connectivity index (χ1) is 12.8. The molecule has 4 nitrogen and oxygen atoms in total. The standard InChI is InChI=1S/C22H50N4/c1-2-3-4-5-6-7-8-9-10-11-12-13-14-15-16-22(26-20-18-24)21-25-19-17-23/h22,25-26H,2-21,23-24H2,1H3. The second-order valence-electron chi connectivity index (χ2n) is 7.82. The lowest BCUT2D eigenvalue weighted by Crippen LogP contribution is -2.42. The summed E-state index contributed by atoms with van der Waals surface area (Å²) in [5.74, 6) is 0. The van der Waals surface area contributed by atoms with Gasteiger partial charge in [-0.15, -0.1) is 0 Å². The van der Waals surface area contributed by atoms with Crippen LogP contribution in [0.4, 0.5) is 0 Å². The van der Waals surface area contributed by atoms with E-state index in [4.69, 9.17) is 11.5 Å². The molecule has 0 aromatic rings. The molecule has 0 aliphatic rings. The van der Waals surface area contributed by atoms with E-state index < -0.39 is 0 Å². The Kier molecular flexibility index (Phi) is 22.7. The summed E-state index contributed by atoms with van der Waals surface area (Å²) in [7, 11) is 0. The maximum absolute atomic E-state index is 5.61. The highest BCUT2D eigenvalue weighted by atomic mass is 15.0. The van der Waals surface area contributed by atoms with Crippen LogP contribution in [0.25, 0.3) is 0 Å². The van der Waals surface area contributed by atoms with Gasteiger partial charge in [-0.25, -0.2) is 0 Å². The molecule has 4 heteroatoms. The van der Waals surface area contributed by atoms with Crippen LogP contribution in [0, 0.1) is 0 Å². The molecule has 26 heavy (non-hydrogen) atoms. The molecule has 0 aromatic carbocycles. The molecule has 0 fully saturated rings. The van der Waals surface area contributed by atoms with Gasteiger partial charge in [0.05, 0.1) is 0 Å². The Bertz CT molecular complexity index is 248. The second-order valence-corrected chi connectivity index (χ2v) is 7.82. The summed E-state index contributed by atoms with van der Waals surface area (Å²) in [6.45, 7) is 6.54. The van der Waals surface area contributed by atoms with Crippen LogP contribution in [-0.2, 0) is 0 Å². The Labute approximate surface area is 164 Å². The molecule has 0 saturated heterocycles. The van der Waals surface area contributed by atoms with E-state index in [-0.39, 0.29) is 0 Å². The maximum Gasteiger partial charge on any atom is 0.0193 e. The minimum atomic E-state index is 0.544. The Hall–Kier alpha value is -0.160. The smallest absolute Gasteiger partial charge is 0.0193 e. The summed E-state index contributed by atoms with van der Waals surface area (Å²) in [5, 5.41) is 6.96. The molecule has 1 unspecified atom stereocenters. The maximum atomic E-state index is 5.61. The first-order valence-corrected chi connectivity index (χ1v) is 11.7. The van der Waals surface area contributed by atoms with Crippen LogP contribution in [0.2, 0.25) is 0 Å². The van der Waals surface area contributed by atoms with E-state index >= 15 is 0 Å². The van der Waals surface area contributed by atoms with E-state index in [0.29, 0.717) is 19.1 Å². The highest BCUT2D eigenvalue weighted by Gasteiger charge is 2.06. The van der Waals surface area contributed by atoms with Crippen molar-refractivity contribution in [1.29, 1.82) is 0 Å². The molecule has 0 heterocycles. The molecule has 158 valence electrons. The molecule has 0 amide bonds. The molecule has 6 N–H and O–H groups in total. The van der Waals surface area contributed by atoms with Crippen molar-refractivity contribution in [2.45, 2.75) is 109 Å². The fourth-order valence-corrected chi connectivity index (χ4v) is 3.53. The summed E-state index contributed by atoms with van der Waals surface area (Å²) in [6, 6.07) is 0.544. The van der Waals surface area contributed by atoms with Crippen LogP contribution in [0.5, 0.6) is 0 Å². The van der Waals surface area contributed by atoms with Gasteiger partial charge in [-0.1, -0.05) is 96.8 Å². The van der Waals surface area contributed by atoms with Crippen molar-refractivity contribution in [3.8, 4) is 0 Å². The average Bonchev–Trinajstić information content (AvgIpc) is 2.66. The first kappa shape index (κ1) is 25.8. The van der Waals surface area contributed by atoms with Crippen LogP contribution in [0.1, 0.15) is 103 Å². The van der Waals surface area contributed by atoms with Crippen LogP contribution < -0.4 is 22.1 Å². The van der Waals surface area contributed by atoms with E-state index in [1.54, 1.807) is 0 Å². The van der Waals surface area contributed by atoms with E-state index in [1.165, 1.54) is 96.3 Å². The molecule has 0 radical (unpaired) electrons. The minimum Gasteiger partial charge on any atom is -0.329 e. The van der Waals surface area contributed by atoms with Gasteiger partial charge in [-0.05, 0) is 6.42 Å². The lowest BCUT2D eigenvalue weighted by Gasteiger charge is -2.19. The summed E-state index contributed by atoms with van der Waals surface area (Å²) in [5.41, 5.74) is 11.2. The lowest BCUT2D eigenvalue weighted by atomic mass is 10.0. The van der Waals surface area contributed by atoms with E-state index in [2.05, 4.69) is 17.6 Å². The van der Waals surface area contributed by atoms with Gasteiger partial charge < -0.3 is 22.1 Å². The second kappa shape index (κ2) is 22.9. The van der Waals surface area contributed by atoms with Crippen molar-refractivity contribution in [2.75, 3.05) is 32.7 Å². The van der Waals surface area contributed by atoms with Crippen LogP contribution in [0.15, 0.2) is 0 Å². The van der Waals surface area contributed by atoms with Gasteiger partial charge in [0.15, 0.2) is 0 Å². The predicted octanol–water partition coefficient (Wildman–Crippen LogP) is 4.32. The van der Waals surface area contributed by atoms with Gasteiger partial charge >= 0.3 is 0 Å². The van der Waals surface area contributed by atoms with Crippen molar-refractivity contribution >= 4 is 0 Å². The van der Waals surface area contributed by atoms with E-state index in [9.17, 15) is 0 Å². The topological polar surface area (TPSA) is 76.1 Å². The number of nitrogens with two attached hydrogens (primary N) is 2. The summed E-state index contributed by atoms with van der Waals surface area (Å²) < 4.78 is 0. The molecule has 0 rings (SSSR count). The minimum absolute atomic E-state index is 0.544.